The second-order valence-electron chi connectivity index (χ2n) is 9.34. The second kappa shape index (κ2) is 8.35. The van der Waals surface area contributed by atoms with E-state index in [0.717, 1.165) is 16.9 Å². The van der Waals surface area contributed by atoms with Crippen molar-refractivity contribution in [2.75, 3.05) is 11.4 Å². The molecule has 2 aromatic heterocycles. The largest absolute Gasteiger partial charge is 0.372 e. The summed E-state index contributed by atoms with van der Waals surface area (Å²) < 4.78 is 37.3. The lowest BCUT2D eigenvalue weighted by atomic mass is 9.66. The molecule has 1 aromatic carbocycles. The summed E-state index contributed by atoms with van der Waals surface area (Å²) in [5.41, 5.74) is -1.01. The van der Waals surface area contributed by atoms with Crippen LogP contribution in [0, 0.1) is 17.0 Å². The lowest BCUT2D eigenvalue weighted by molar-refractivity contribution is -0.153. The first-order valence-electron chi connectivity index (χ1n) is 11.5. The smallest absolute Gasteiger partial charge is 0.328 e. The molecule has 0 radical (unpaired) electrons. The number of benzene rings is 1. The highest BCUT2D eigenvalue weighted by Crippen LogP contribution is 2.49. The number of imide groups is 2. The fourth-order valence-corrected chi connectivity index (χ4v) is 6.49. The summed E-state index contributed by atoms with van der Waals surface area (Å²) in [6.45, 7) is 3.54. The van der Waals surface area contributed by atoms with Crippen molar-refractivity contribution in [1.29, 1.82) is 0 Å². The molecule has 3 atom stereocenters. The number of barbiturate groups is 1. The average Bonchev–Trinajstić information content (AvgIpc) is 3.34. The Morgan fingerprint density at radius 3 is 2.43 bits per heavy atom. The van der Waals surface area contributed by atoms with Crippen molar-refractivity contribution in [3.8, 4) is 21.1 Å². The van der Waals surface area contributed by atoms with Crippen LogP contribution in [0.25, 0.3) is 21.1 Å². The number of carbonyl (C=O) groups excluding carboxylic acids is 3. The van der Waals surface area contributed by atoms with Gasteiger partial charge in [-0.3, -0.25) is 25.2 Å². The number of halogens is 2. The van der Waals surface area contributed by atoms with Crippen LogP contribution < -0.4 is 15.5 Å². The number of carbonyl (C=O) groups is 3. The SMILES string of the molecule is C[C@H]1CN2c3c(cc(-c4nnc(-c5ccncc5)s4)c(F)c3F)CC3(C(=O)NC(=O)NC3=O)C2[C@@H](C)O1. The Morgan fingerprint density at radius 2 is 1.73 bits per heavy atom. The van der Waals surface area contributed by atoms with Gasteiger partial charge >= 0.3 is 6.03 Å². The highest BCUT2D eigenvalue weighted by atomic mass is 32.1. The third-order valence-electron chi connectivity index (χ3n) is 7.05. The summed E-state index contributed by atoms with van der Waals surface area (Å²) in [4.78, 5) is 43.9. The molecule has 3 aliphatic rings. The Morgan fingerprint density at radius 1 is 1.05 bits per heavy atom. The second-order valence-corrected chi connectivity index (χ2v) is 10.3. The zero-order valence-electron chi connectivity index (χ0n) is 19.6. The van der Waals surface area contributed by atoms with E-state index in [1.807, 2.05) is 0 Å². The van der Waals surface area contributed by atoms with Crippen molar-refractivity contribution >= 4 is 34.9 Å². The van der Waals surface area contributed by atoms with E-state index in [9.17, 15) is 14.4 Å². The average molecular weight is 527 g/mol. The number of pyridine rings is 1. The molecule has 190 valence electrons. The van der Waals surface area contributed by atoms with Crippen LogP contribution in [0.15, 0.2) is 30.6 Å². The minimum absolute atomic E-state index is 0.0322. The molecular weight excluding hydrogens is 506 g/mol. The number of hydrogen-bond donors (Lipinski definition) is 2. The maximum absolute atomic E-state index is 15.8. The maximum Gasteiger partial charge on any atom is 0.328 e. The summed E-state index contributed by atoms with van der Waals surface area (Å²) in [7, 11) is 0. The van der Waals surface area contributed by atoms with Gasteiger partial charge in [-0.1, -0.05) is 11.3 Å². The van der Waals surface area contributed by atoms with Crippen molar-refractivity contribution < 1.29 is 27.9 Å². The standard InChI is InChI=1S/C24H20F2N6O4S/c1-10-9-32-17-13(8-24(18(32)11(2)36-10)21(33)28-23(35)29-22(24)34)7-14(15(25)16(17)26)20-31-30-19(37-20)12-3-5-27-6-4-12/h3-7,10-11,18H,8-9H2,1-2H3,(H2,28,29,33,34,35)/t10-,11+,18?/m0/s1. The molecule has 13 heteroatoms. The van der Waals surface area contributed by atoms with Crippen LogP contribution in [0.2, 0.25) is 0 Å². The molecule has 37 heavy (non-hydrogen) atoms. The Kier molecular flexibility index (Phi) is 5.31. The van der Waals surface area contributed by atoms with Crippen LogP contribution in [-0.2, 0) is 20.7 Å². The number of amides is 4. The molecule has 5 heterocycles. The first-order chi connectivity index (χ1) is 17.7. The summed E-state index contributed by atoms with van der Waals surface area (Å²) in [5.74, 6) is -3.84. The molecule has 0 saturated carbocycles. The molecule has 6 rings (SSSR count). The highest BCUT2D eigenvalue weighted by Gasteiger charge is 2.63. The summed E-state index contributed by atoms with van der Waals surface area (Å²) in [6, 6.07) is 2.95. The van der Waals surface area contributed by atoms with Crippen LogP contribution in [0.5, 0.6) is 0 Å². The highest BCUT2D eigenvalue weighted by molar-refractivity contribution is 7.17. The van der Waals surface area contributed by atoms with Gasteiger partial charge in [0.05, 0.1) is 29.5 Å². The molecule has 4 amide bonds. The number of nitrogens with zero attached hydrogens (tertiary/aromatic N) is 4. The molecule has 2 N–H and O–H groups in total. The molecule has 2 saturated heterocycles. The summed E-state index contributed by atoms with van der Waals surface area (Å²) >= 11 is 1.07. The van der Waals surface area contributed by atoms with Crippen LogP contribution >= 0.6 is 11.3 Å². The number of anilines is 1. The Labute approximate surface area is 213 Å². The normalized spacial score (nSPS) is 24.4. The molecule has 0 bridgehead atoms. The van der Waals surface area contributed by atoms with Gasteiger partial charge in [-0.2, -0.15) is 0 Å². The van der Waals surface area contributed by atoms with E-state index in [0.29, 0.717) is 5.01 Å². The van der Waals surface area contributed by atoms with Crippen molar-refractivity contribution in [2.24, 2.45) is 5.41 Å². The number of fused-ring (bicyclic) bond motifs is 4. The van der Waals surface area contributed by atoms with E-state index in [-0.39, 0.29) is 40.9 Å². The Bertz CT molecular complexity index is 1440. The molecule has 1 spiro atoms. The zero-order valence-corrected chi connectivity index (χ0v) is 20.4. The van der Waals surface area contributed by atoms with Crippen LogP contribution in [-0.4, -0.2) is 57.8 Å². The van der Waals surface area contributed by atoms with Gasteiger partial charge in [0.25, 0.3) is 0 Å². The number of hydrogen-bond acceptors (Lipinski definition) is 9. The van der Waals surface area contributed by atoms with Gasteiger partial charge in [-0.05, 0) is 37.6 Å². The molecule has 10 nitrogen and oxygen atoms in total. The van der Waals surface area contributed by atoms with E-state index in [1.54, 1.807) is 38.4 Å². The van der Waals surface area contributed by atoms with Gasteiger partial charge in [0.2, 0.25) is 11.8 Å². The fraction of sp³-hybridized carbons (Fsp3) is 0.333. The van der Waals surface area contributed by atoms with E-state index in [2.05, 4.69) is 25.8 Å². The molecule has 0 aliphatic carbocycles. The summed E-state index contributed by atoms with van der Waals surface area (Å²) in [6.07, 6.45) is 1.81. The van der Waals surface area contributed by atoms with Gasteiger partial charge in [0.1, 0.15) is 5.01 Å². The minimum atomic E-state index is -1.80. The third kappa shape index (κ3) is 3.44. The number of rotatable bonds is 2. The van der Waals surface area contributed by atoms with Crippen molar-refractivity contribution in [2.45, 2.75) is 38.5 Å². The molecule has 3 aliphatic heterocycles. The first-order valence-corrected chi connectivity index (χ1v) is 12.4. The van der Waals surface area contributed by atoms with E-state index >= 15 is 8.78 Å². The van der Waals surface area contributed by atoms with Gasteiger partial charge in [0, 0.05) is 30.9 Å². The Balaban J connectivity index is 1.52. The fourth-order valence-electron chi connectivity index (χ4n) is 5.64. The number of ether oxygens (including phenoxy) is 1. The molecule has 3 aromatic rings. The predicted octanol–water partition coefficient (Wildman–Crippen LogP) is 2.44. The zero-order chi connectivity index (χ0) is 26.1. The predicted molar refractivity (Wildman–Crippen MR) is 127 cm³/mol. The quantitative estimate of drug-likeness (QED) is 0.488. The summed E-state index contributed by atoms with van der Waals surface area (Å²) in [5, 5.41) is 13.2. The monoisotopic (exact) mass is 526 g/mol. The topological polar surface area (TPSA) is 126 Å². The minimum Gasteiger partial charge on any atom is -0.372 e. The first kappa shape index (κ1) is 23.6. The number of urea groups is 1. The number of nitrogens with one attached hydrogen (secondary N) is 2. The van der Waals surface area contributed by atoms with Crippen molar-refractivity contribution in [3.05, 3.63) is 47.8 Å². The van der Waals surface area contributed by atoms with Gasteiger partial charge in [-0.25, -0.2) is 13.6 Å². The van der Waals surface area contributed by atoms with Crippen molar-refractivity contribution in [3.63, 3.8) is 0 Å². The van der Waals surface area contributed by atoms with E-state index in [1.165, 1.54) is 11.0 Å². The van der Waals surface area contributed by atoms with Crippen molar-refractivity contribution in [1.82, 2.24) is 25.8 Å². The van der Waals surface area contributed by atoms with Gasteiger partial charge in [-0.15, -0.1) is 10.2 Å². The van der Waals surface area contributed by atoms with E-state index < -0.39 is 47.0 Å². The lowest BCUT2D eigenvalue weighted by Crippen LogP contribution is -2.75. The molecule has 2 fully saturated rings. The third-order valence-corrected chi connectivity index (χ3v) is 8.06. The van der Waals surface area contributed by atoms with Gasteiger partial charge in [0.15, 0.2) is 22.1 Å². The number of aromatic nitrogens is 3. The maximum atomic E-state index is 15.8. The Hall–Kier alpha value is -3.84. The van der Waals surface area contributed by atoms with Crippen LogP contribution in [0.3, 0.4) is 0 Å². The lowest BCUT2D eigenvalue weighted by Gasteiger charge is -2.55. The molecular formula is C24H20F2N6O4S. The van der Waals surface area contributed by atoms with E-state index in [4.69, 9.17) is 4.74 Å². The number of morpholine rings is 1. The molecule has 1 unspecified atom stereocenters. The van der Waals surface area contributed by atoms with Gasteiger partial charge < -0.3 is 9.64 Å². The van der Waals surface area contributed by atoms with Crippen LogP contribution in [0.1, 0.15) is 19.4 Å². The van der Waals surface area contributed by atoms with Crippen LogP contribution in [0.4, 0.5) is 19.3 Å².